The molecule has 2 aromatic heterocycles. The van der Waals surface area contributed by atoms with Gasteiger partial charge < -0.3 is 14.1 Å². The summed E-state index contributed by atoms with van der Waals surface area (Å²) >= 11 is 0. The summed E-state index contributed by atoms with van der Waals surface area (Å²) in [6.07, 6.45) is 0. The Balaban J connectivity index is 2.11. The van der Waals surface area contributed by atoms with Crippen LogP contribution in [0.4, 0.5) is 4.39 Å². The number of hydrogen-bond acceptors (Lipinski definition) is 4. The summed E-state index contributed by atoms with van der Waals surface area (Å²) in [4.78, 5) is 24.5. The number of rotatable bonds is 2. The Morgan fingerprint density at radius 1 is 1.04 bits per heavy atom. The molecule has 0 aliphatic rings. The van der Waals surface area contributed by atoms with Crippen molar-refractivity contribution >= 4 is 21.9 Å². The van der Waals surface area contributed by atoms with Crippen LogP contribution < -0.4 is 11.2 Å². The lowest BCUT2D eigenvalue weighted by Crippen LogP contribution is -2.22. The van der Waals surface area contributed by atoms with E-state index in [1.54, 1.807) is 36.4 Å². The molecule has 4 rings (SSSR count). The Hall–Kier alpha value is -3.41. The third-order valence-corrected chi connectivity index (χ3v) is 4.07. The molecule has 4 aromatic rings. The molecule has 0 saturated heterocycles. The highest BCUT2D eigenvalue weighted by molar-refractivity contribution is 6.03. The maximum atomic E-state index is 13.5. The molecule has 0 saturated carbocycles. The Morgan fingerprint density at radius 3 is 2.64 bits per heavy atom. The summed E-state index contributed by atoms with van der Waals surface area (Å²) in [7, 11) is 0. The smallest absolute Gasteiger partial charge is 0.339 e. The van der Waals surface area contributed by atoms with Crippen LogP contribution in [-0.2, 0) is 6.54 Å². The van der Waals surface area contributed by atoms with Crippen molar-refractivity contribution in [2.45, 2.75) is 6.54 Å². The van der Waals surface area contributed by atoms with Crippen molar-refractivity contribution in [3.8, 4) is 5.75 Å². The van der Waals surface area contributed by atoms with Crippen LogP contribution in [0.3, 0.4) is 0 Å². The molecule has 0 atom stereocenters. The molecule has 124 valence electrons. The number of hydrogen-bond donors (Lipinski definition) is 1. The first kappa shape index (κ1) is 15.1. The topological polar surface area (TPSA) is 72.4 Å². The molecule has 2 aromatic carbocycles. The molecular weight excluding hydrogens is 325 g/mol. The van der Waals surface area contributed by atoms with E-state index in [9.17, 15) is 19.1 Å². The first-order valence-corrected chi connectivity index (χ1v) is 7.57. The predicted molar refractivity (Wildman–Crippen MR) is 91.4 cm³/mol. The molecule has 0 spiro atoms. The maximum absolute atomic E-state index is 13.5. The molecule has 0 bridgehead atoms. The molecule has 0 aliphatic heterocycles. The lowest BCUT2D eigenvalue weighted by molar-refractivity contribution is 0.467. The van der Waals surface area contributed by atoms with Gasteiger partial charge in [-0.15, -0.1) is 0 Å². The zero-order chi connectivity index (χ0) is 17.6. The summed E-state index contributed by atoms with van der Waals surface area (Å²) < 4.78 is 20.1. The molecule has 0 amide bonds. The average molecular weight is 337 g/mol. The minimum Gasteiger partial charge on any atom is -0.507 e. The van der Waals surface area contributed by atoms with Crippen LogP contribution in [0.5, 0.6) is 5.75 Å². The molecule has 0 radical (unpaired) electrons. The quantitative estimate of drug-likeness (QED) is 0.571. The first-order chi connectivity index (χ1) is 12.0. The molecule has 1 N–H and O–H groups in total. The van der Waals surface area contributed by atoms with Gasteiger partial charge in [0.05, 0.1) is 18.1 Å². The van der Waals surface area contributed by atoms with Crippen molar-refractivity contribution < 1.29 is 13.9 Å². The van der Waals surface area contributed by atoms with E-state index in [0.717, 1.165) is 6.07 Å². The maximum Gasteiger partial charge on any atom is 0.339 e. The Bertz CT molecular complexity index is 1240. The van der Waals surface area contributed by atoms with Gasteiger partial charge in [-0.2, -0.15) is 0 Å². The highest BCUT2D eigenvalue weighted by Crippen LogP contribution is 2.27. The lowest BCUT2D eigenvalue weighted by Gasteiger charge is -2.13. The third kappa shape index (κ3) is 2.48. The van der Waals surface area contributed by atoms with Gasteiger partial charge in [-0.05, 0) is 29.8 Å². The van der Waals surface area contributed by atoms with E-state index in [0.29, 0.717) is 16.5 Å². The number of pyridine rings is 1. The fraction of sp³-hybridized carbons (Fsp3) is 0.0526. The minimum atomic E-state index is -0.738. The van der Waals surface area contributed by atoms with Gasteiger partial charge in [-0.3, -0.25) is 4.79 Å². The number of para-hydroxylation sites is 1. The van der Waals surface area contributed by atoms with Gasteiger partial charge in [0, 0.05) is 5.39 Å². The van der Waals surface area contributed by atoms with Crippen LogP contribution >= 0.6 is 0 Å². The van der Waals surface area contributed by atoms with Crippen molar-refractivity contribution in [2.75, 3.05) is 0 Å². The average Bonchev–Trinajstić information content (AvgIpc) is 2.58. The van der Waals surface area contributed by atoms with Crippen LogP contribution in [0.25, 0.3) is 21.9 Å². The van der Waals surface area contributed by atoms with E-state index >= 15 is 0 Å². The largest absolute Gasteiger partial charge is 0.507 e. The molecular formula is C19H12FNO4. The van der Waals surface area contributed by atoms with Gasteiger partial charge in [0.1, 0.15) is 17.0 Å². The minimum absolute atomic E-state index is 0.0427. The van der Waals surface area contributed by atoms with Crippen molar-refractivity contribution in [1.29, 1.82) is 0 Å². The molecule has 5 nitrogen and oxygen atoms in total. The van der Waals surface area contributed by atoms with Crippen molar-refractivity contribution in [3.63, 3.8) is 0 Å². The van der Waals surface area contributed by atoms with Crippen LogP contribution in [0, 0.1) is 5.82 Å². The summed E-state index contributed by atoms with van der Waals surface area (Å²) in [5.41, 5.74) is -0.0841. The summed E-state index contributed by atoms with van der Waals surface area (Å²) in [6.45, 7) is 0.117. The van der Waals surface area contributed by atoms with Crippen molar-refractivity contribution in [3.05, 3.63) is 86.8 Å². The summed E-state index contributed by atoms with van der Waals surface area (Å²) in [5.74, 6) is -0.834. The van der Waals surface area contributed by atoms with Gasteiger partial charge in [0.15, 0.2) is 5.58 Å². The monoisotopic (exact) mass is 337 g/mol. The fourth-order valence-electron chi connectivity index (χ4n) is 3.00. The van der Waals surface area contributed by atoms with Crippen molar-refractivity contribution in [1.82, 2.24) is 4.57 Å². The lowest BCUT2D eigenvalue weighted by atomic mass is 10.1. The number of aromatic hydroxyl groups is 1. The highest BCUT2D eigenvalue weighted by Gasteiger charge is 2.17. The predicted octanol–water partition coefficient (Wildman–Crippen LogP) is 3.00. The molecule has 0 aliphatic carbocycles. The Morgan fingerprint density at radius 2 is 1.84 bits per heavy atom. The van der Waals surface area contributed by atoms with E-state index in [4.69, 9.17) is 4.42 Å². The summed E-state index contributed by atoms with van der Waals surface area (Å²) in [5, 5.41) is 10.5. The van der Waals surface area contributed by atoms with Gasteiger partial charge in [0.25, 0.3) is 5.56 Å². The zero-order valence-corrected chi connectivity index (χ0v) is 12.9. The zero-order valence-electron chi connectivity index (χ0n) is 12.9. The molecule has 2 heterocycles. The second-order valence-electron chi connectivity index (χ2n) is 5.69. The summed E-state index contributed by atoms with van der Waals surface area (Å²) in [6, 6.07) is 13.7. The molecule has 0 fully saturated rings. The van der Waals surface area contributed by atoms with Crippen LogP contribution in [-0.4, -0.2) is 9.67 Å². The third-order valence-electron chi connectivity index (χ3n) is 4.07. The Labute approximate surface area is 140 Å². The van der Waals surface area contributed by atoms with E-state index in [1.807, 2.05) is 0 Å². The van der Waals surface area contributed by atoms with Gasteiger partial charge >= 0.3 is 5.63 Å². The van der Waals surface area contributed by atoms with Gasteiger partial charge in [-0.25, -0.2) is 9.18 Å². The first-order valence-electron chi connectivity index (χ1n) is 7.57. The van der Waals surface area contributed by atoms with Gasteiger partial charge in [0.2, 0.25) is 0 Å². The SMILES string of the molecule is O=c1cc(O)c2c(=O)n(Cc3cccc(F)c3)c3ccccc3c2o1. The number of nitrogens with zero attached hydrogens (tertiary/aromatic N) is 1. The normalized spacial score (nSPS) is 11.2. The van der Waals surface area contributed by atoms with Crippen molar-refractivity contribution in [2.24, 2.45) is 0 Å². The van der Waals surface area contributed by atoms with E-state index in [-0.39, 0.29) is 17.5 Å². The fourth-order valence-corrected chi connectivity index (χ4v) is 3.00. The molecule has 0 unspecified atom stereocenters. The van der Waals surface area contributed by atoms with Crippen LogP contribution in [0.1, 0.15) is 5.56 Å². The van der Waals surface area contributed by atoms with Crippen LogP contribution in [0.2, 0.25) is 0 Å². The van der Waals surface area contributed by atoms with E-state index in [2.05, 4.69) is 0 Å². The highest BCUT2D eigenvalue weighted by atomic mass is 19.1. The molecule has 6 heteroatoms. The second-order valence-corrected chi connectivity index (χ2v) is 5.69. The van der Waals surface area contributed by atoms with Crippen LogP contribution in [0.15, 0.2) is 68.6 Å². The number of benzene rings is 2. The second kappa shape index (κ2) is 5.59. The molecule has 25 heavy (non-hydrogen) atoms. The Kier molecular flexibility index (Phi) is 3.39. The standard InChI is InChI=1S/C19H12FNO4/c20-12-5-3-4-11(8-12)10-21-14-7-2-1-6-13(14)18-17(19(21)24)15(22)9-16(23)25-18/h1-9,22H,10H2. The van der Waals surface area contributed by atoms with E-state index in [1.165, 1.54) is 16.7 Å². The van der Waals surface area contributed by atoms with E-state index < -0.39 is 22.8 Å². The van der Waals surface area contributed by atoms with Gasteiger partial charge in [-0.1, -0.05) is 24.3 Å². The number of fused-ring (bicyclic) bond motifs is 3. The number of aromatic nitrogens is 1. The number of halogens is 1.